The van der Waals surface area contributed by atoms with E-state index in [1.54, 1.807) is 0 Å². The Morgan fingerprint density at radius 1 is 1.31 bits per heavy atom. The first-order chi connectivity index (χ1) is 6.02. The van der Waals surface area contributed by atoms with E-state index in [1.165, 1.54) is 6.42 Å². The highest BCUT2D eigenvalue weighted by Gasteiger charge is 2.18. The molecule has 0 saturated heterocycles. The van der Waals surface area contributed by atoms with Gasteiger partial charge in [0.05, 0.1) is 6.61 Å². The van der Waals surface area contributed by atoms with Crippen LogP contribution >= 0.6 is 0 Å². The Balaban J connectivity index is 3.55. The van der Waals surface area contributed by atoms with Gasteiger partial charge in [0.2, 0.25) is 0 Å². The van der Waals surface area contributed by atoms with Crippen LogP contribution in [0.1, 0.15) is 53.9 Å². The lowest BCUT2D eigenvalue weighted by Gasteiger charge is -2.26. The van der Waals surface area contributed by atoms with E-state index < -0.39 is 0 Å². The zero-order valence-corrected chi connectivity index (χ0v) is 9.81. The van der Waals surface area contributed by atoms with Crippen molar-refractivity contribution in [1.29, 1.82) is 0 Å². The summed E-state index contributed by atoms with van der Waals surface area (Å²) in [5, 5.41) is 0. The molecule has 0 saturated carbocycles. The highest BCUT2D eigenvalue weighted by atomic mass is 16.6. The summed E-state index contributed by atoms with van der Waals surface area (Å²) < 4.78 is 0. The fourth-order valence-corrected chi connectivity index (χ4v) is 1.32. The van der Waals surface area contributed by atoms with Crippen LogP contribution in [0.4, 0.5) is 0 Å². The van der Waals surface area contributed by atoms with Crippen molar-refractivity contribution in [3.05, 3.63) is 0 Å². The zero-order chi connectivity index (χ0) is 10.3. The van der Waals surface area contributed by atoms with E-state index in [0.717, 1.165) is 19.4 Å². The van der Waals surface area contributed by atoms with E-state index in [9.17, 15) is 0 Å². The molecule has 1 unspecified atom stereocenters. The van der Waals surface area contributed by atoms with Gasteiger partial charge in [-0.1, -0.05) is 34.1 Å². The SMILES string of the molecule is CCCONC(C)CC(C)(C)CC. The molecule has 2 heteroatoms. The summed E-state index contributed by atoms with van der Waals surface area (Å²) in [6.45, 7) is 11.9. The van der Waals surface area contributed by atoms with Crippen LogP contribution < -0.4 is 5.48 Å². The molecule has 0 aliphatic heterocycles. The molecule has 13 heavy (non-hydrogen) atoms. The van der Waals surface area contributed by atoms with E-state index in [1.807, 2.05) is 0 Å². The molecular formula is C11H25NO. The number of hydroxylamine groups is 1. The Kier molecular flexibility index (Phi) is 6.35. The van der Waals surface area contributed by atoms with Gasteiger partial charge in [-0.3, -0.25) is 0 Å². The molecule has 0 aromatic heterocycles. The molecule has 1 N–H and O–H groups in total. The van der Waals surface area contributed by atoms with Crippen molar-refractivity contribution in [1.82, 2.24) is 5.48 Å². The molecule has 0 heterocycles. The summed E-state index contributed by atoms with van der Waals surface area (Å²) in [5.41, 5.74) is 3.49. The van der Waals surface area contributed by atoms with Crippen LogP contribution in [0.15, 0.2) is 0 Å². The summed E-state index contributed by atoms with van der Waals surface area (Å²) in [7, 11) is 0. The predicted octanol–water partition coefficient (Wildman–Crippen LogP) is 3.13. The molecule has 0 spiro atoms. The lowest BCUT2D eigenvalue weighted by atomic mass is 9.84. The minimum absolute atomic E-state index is 0.419. The molecule has 0 radical (unpaired) electrons. The molecule has 0 aromatic rings. The number of rotatable bonds is 7. The van der Waals surface area contributed by atoms with Gasteiger partial charge < -0.3 is 4.84 Å². The molecule has 0 bridgehead atoms. The molecular weight excluding hydrogens is 162 g/mol. The quantitative estimate of drug-likeness (QED) is 0.488. The minimum atomic E-state index is 0.419. The molecule has 0 fully saturated rings. The predicted molar refractivity (Wildman–Crippen MR) is 57.5 cm³/mol. The van der Waals surface area contributed by atoms with Crippen LogP contribution in [0.2, 0.25) is 0 Å². The fourth-order valence-electron chi connectivity index (χ4n) is 1.32. The maximum atomic E-state index is 5.28. The smallest absolute Gasteiger partial charge is 0.0679 e. The summed E-state index contributed by atoms with van der Waals surface area (Å²) in [5.74, 6) is 0. The van der Waals surface area contributed by atoms with Crippen LogP contribution in [0.3, 0.4) is 0 Å². The van der Waals surface area contributed by atoms with E-state index in [0.29, 0.717) is 11.5 Å². The van der Waals surface area contributed by atoms with Crippen LogP contribution in [0.5, 0.6) is 0 Å². The van der Waals surface area contributed by atoms with Gasteiger partial charge in [0.25, 0.3) is 0 Å². The van der Waals surface area contributed by atoms with Crippen LogP contribution in [0, 0.1) is 5.41 Å². The maximum Gasteiger partial charge on any atom is 0.0679 e. The Hall–Kier alpha value is -0.0800. The van der Waals surface area contributed by atoms with Gasteiger partial charge in [-0.2, -0.15) is 5.48 Å². The van der Waals surface area contributed by atoms with E-state index >= 15 is 0 Å². The number of hydrogen-bond acceptors (Lipinski definition) is 2. The van der Waals surface area contributed by atoms with Gasteiger partial charge in [0, 0.05) is 6.04 Å². The minimum Gasteiger partial charge on any atom is -0.302 e. The normalized spacial score (nSPS) is 14.5. The molecule has 1 atom stereocenters. The second-order valence-corrected chi connectivity index (χ2v) is 4.59. The first-order valence-electron chi connectivity index (χ1n) is 5.39. The van der Waals surface area contributed by atoms with Crippen molar-refractivity contribution >= 4 is 0 Å². The summed E-state index contributed by atoms with van der Waals surface area (Å²) >= 11 is 0. The van der Waals surface area contributed by atoms with Crippen LogP contribution in [-0.4, -0.2) is 12.6 Å². The van der Waals surface area contributed by atoms with Gasteiger partial charge in [0.1, 0.15) is 0 Å². The summed E-state index contributed by atoms with van der Waals surface area (Å²) in [4.78, 5) is 5.28. The van der Waals surface area contributed by atoms with Crippen molar-refractivity contribution in [2.45, 2.75) is 59.9 Å². The van der Waals surface area contributed by atoms with Crippen molar-refractivity contribution in [3.8, 4) is 0 Å². The Labute approximate surface area is 83.0 Å². The zero-order valence-electron chi connectivity index (χ0n) is 9.81. The average Bonchev–Trinajstić information content (AvgIpc) is 2.04. The highest BCUT2D eigenvalue weighted by Crippen LogP contribution is 2.25. The van der Waals surface area contributed by atoms with Crippen molar-refractivity contribution in [2.75, 3.05) is 6.61 Å². The van der Waals surface area contributed by atoms with E-state index in [2.05, 4.69) is 40.1 Å². The van der Waals surface area contributed by atoms with Crippen molar-refractivity contribution in [2.24, 2.45) is 5.41 Å². The summed E-state index contributed by atoms with van der Waals surface area (Å²) in [6, 6.07) is 0.446. The van der Waals surface area contributed by atoms with E-state index in [4.69, 9.17) is 4.84 Å². The first-order valence-corrected chi connectivity index (χ1v) is 5.39. The van der Waals surface area contributed by atoms with Crippen LogP contribution in [0.25, 0.3) is 0 Å². The summed E-state index contributed by atoms with van der Waals surface area (Å²) in [6.07, 6.45) is 3.44. The van der Waals surface area contributed by atoms with Crippen molar-refractivity contribution < 1.29 is 4.84 Å². The fraction of sp³-hybridized carbons (Fsp3) is 1.00. The second-order valence-electron chi connectivity index (χ2n) is 4.59. The topological polar surface area (TPSA) is 21.3 Å². The average molecular weight is 187 g/mol. The van der Waals surface area contributed by atoms with Crippen LogP contribution in [-0.2, 0) is 4.84 Å². The number of nitrogens with one attached hydrogen (secondary N) is 1. The standard InChI is InChI=1S/C11H25NO/c1-6-8-13-12-10(3)9-11(4,5)7-2/h10,12H,6-9H2,1-5H3. The third-order valence-corrected chi connectivity index (χ3v) is 2.41. The number of hydrogen-bond donors (Lipinski definition) is 1. The Morgan fingerprint density at radius 3 is 2.38 bits per heavy atom. The molecule has 0 rings (SSSR count). The maximum absolute atomic E-state index is 5.28. The first kappa shape index (κ1) is 12.9. The largest absolute Gasteiger partial charge is 0.302 e. The monoisotopic (exact) mass is 187 g/mol. The van der Waals surface area contributed by atoms with Gasteiger partial charge in [-0.15, -0.1) is 0 Å². The third-order valence-electron chi connectivity index (χ3n) is 2.41. The van der Waals surface area contributed by atoms with Gasteiger partial charge in [-0.25, -0.2) is 0 Å². The molecule has 0 amide bonds. The molecule has 80 valence electrons. The van der Waals surface area contributed by atoms with Gasteiger partial charge in [-0.05, 0) is 25.2 Å². The van der Waals surface area contributed by atoms with E-state index in [-0.39, 0.29) is 0 Å². The van der Waals surface area contributed by atoms with Crippen molar-refractivity contribution in [3.63, 3.8) is 0 Å². The molecule has 0 aliphatic rings. The lowest BCUT2D eigenvalue weighted by molar-refractivity contribution is 0.0101. The molecule has 0 aromatic carbocycles. The second kappa shape index (κ2) is 6.39. The highest BCUT2D eigenvalue weighted by molar-refractivity contribution is 4.71. The Morgan fingerprint density at radius 2 is 1.92 bits per heavy atom. The molecule has 2 nitrogen and oxygen atoms in total. The third kappa shape index (κ3) is 7.03. The van der Waals surface area contributed by atoms with Gasteiger partial charge in [0.15, 0.2) is 0 Å². The van der Waals surface area contributed by atoms with Gasteiger partial charge >= 0.3 is 0 Å². The Bertz CT molecular complexity index is 123. The molecule has 0 aliphatic carbocycles. The lowest BCUT2D eigenvalue weighted by Crippen LogP contribution is -2.31.